The summed E-state index contributed by atoms with van der Waals surface area (Å²) < 4.78 is 0. The van der Waals surface area contributed by atoms with E-state index < -0.39 is 27.4 Å². The summed E-state index contributed by atoms with van der Waals surface area (Å²) in [7, 11) is 0. The van der Waals surface area contributed by atoms with E-state index >= 15 is 0 Å². The average molecular weight is 247 g/mol. The fourth-order valence-corrected chi connectivity index (χ4v) is 3.59. The van der Waals surface area contributed by atoms with E-state index in [0.29, 0.717) is 10.5 Å². The fourth-order valence-electron chi connectivity index (χ4n) is 0.691. The van der Waals surface area contributed by atoms with Crippen molar-refractivity contribution in [1.29, 1.82) is 0 Å². The standard InChI is InChI=1S/C8H14GeO4/c1-5(7(10)11)3-9-4-6(2)8(12)13/h5-6H,3-4H2,1-2H3,(H,10,11)(H,12,13). The van der Waals surface area contributed by atoms with Crippen LogP contribution >= 0.6 is 0 Å². The van der Waals surface area contributed by atoms with Gasteiger partial charge in [-0.15, -0.1) is 0 Å². The van der Waals surface area contributed by atoms with Crippen LogP contribution in [-0.2, 0) is 9.59 Å². The summed E-state index contributed by atoms with van der Waals surface area (Å²) >= 11 is -0.412. The van der Waals surface area contributed by atoms with Gasteiger partial charge in [0.05, 0.1) is 0 Å². The third kappa shape index (κ3) is 5.68. The van der Waals surface area contributed by atoms with Crippen LogP contribution in [0.2, 0.25) is 10.5 Å². The molecule has 0 amide bonds. The molecule has 0 spiro atoms. The minimum atomic E-state index is -0.785. The van der Waals surface area contributed by atoms with Gasteiger partial charge in [0, 0.05) is 0 Å². The van der Waals surface area contributed by atoms with Crippen LogP contribution in [-0.4, -0.2) is 37.6 Å². The Kier molecular flexibility index (Phi) is 5.78. The average Bonchev–Trinajstić information content (AvgIpc) is 2.03. The first kappa shape index (κ1) is 12.5. The Morgan fingerprint density at radius 2 is 1.38 bits per heavy atom. The zero-order valence-electron chi connectivity index (χ0n) is 7.78. The molecule has 2 N–H and O–H groups in total. The monoisotopic (exact) mass is 248 g/mol. The molecule has 0 aromatic carbocycles. The zero-order valence-corrected chi connectivity index (χ0v) is 9.88. The second kappa shape index (κ2) is 6.02. The molecule has 0 rings (SSSR count). The van der Waals surface area contributed by atoms with Gasteiger partial charge in [0.15, 0.2) is 0 Å². The molecule has 0 bridgehead atoms. The summed E-state index contributed by atoms with van der Waals surface area (Å²) in [6, 6.07) is 0. The topological polar surface area (TPSA) is 74.6 Å². The van der Waals surface area contributed by atoms with E-state index in [4.69, 9.17) is 10.2 Å². The molecule has 0 heterocycles. The van der Waals surface area contributed by atoms with Crippen molar-refractivity contribution in [3.05, 3.63) is 0 Å². The molecule has 4 nitrogen and oxygen atoms in total. The first-order chi connectivity index (χ1) is 5.95. The Labute approximate surface area is 83.8 Å². The molecular formula is C8H14GeO4. The summed E-state index contributed by atoms with van der Waals surface area (Å²) in [5.74, 6) is -2.21. The number of aliphatic carboxylic acids is 2. The van der Waals surface area contributed by atoms with Crippen molar-refractivity contribution in [2.45, 2.75) is 24.4 Å². The molecule has 5 heteroatoms. The van der Waals surface area contributed by atoms with Gasteiger partial charge >= 0.3 is 83.4 Å². The number of rotatable bonds is 6. The van der Waals surface area contributed by atoms with Crippen molar-refractivity contribution in [3.8, 4) is 0 Å². The van der Waals surface area contributed by atoms with Crippen molar-refractivity contribution in [1.82, 2.24) is 0 Å². The normalized spacial score (nSPS) is 14.9. The molecular weight excluding hydrogens is 233 g/mol. The Morgan fingerprint density at radius 1 is 1.08 bits per heavy atom. The molecule has 74 valence electrons. The van der Waals surface area contributed by atoms with E-state index in [-0.39, 0.29) is 11.8 Å². The molecule has 2 radical (unpaired) electrons. The second-order valence-corrected chi connectivity index (χ2v) is 5.90. The van der Waals surface area contributed by atoms with Crippen molar-refractivity contribution in [2.24, 2.45) is 11.8 Å². The zero-order chi connectivity index (χ0) is 10.4. The summed E-state index contributed by atoms with van der Waals surface area (Å²) in [4.78, 5) is 20.8. The summed E-state index contributed by atoms with van der Waals surface area (Å²) in [6.45, 7) is 3.33. The summed E-state index contributed by atoms with van der Waals surface area (Å²) in [6.07, 6.45) is 0. The Balaban J connectivity index is 3.56. The van der Waals surface area contributed by atoms with Gasteiger partial charge in [0.25, 0.3) is 0 Å². The quantitative estimate of drug-likeness (QED) is 0.685. The Bertz CT molecular complexity index is 173. The molecule has 0 aromatic rings. The molecule has 0 aliphatic carbocycles. The van der Waals surface area contributed by atoms with Gasteiger partial charge in [-0.1, -0.05) is 0 Å². The van der Waals surface area contributed by atoms with Gasteiger partial charge in [0.2, 0.25) is 0 Å². The van der Waals surface area contributed by atoms with Crippen molar-refractivity contribution < 1.29 is 19.8 Å². The molecule has 0 saturated heterocycles. The van der Waals surface area contributed by atoms with Crippen LogP contribution < -0.4 is 0 Å². The van der Waals surface area contributed by atoms with Crippen LogP contribution in [0, 0.1) is 11.8 Å². The van der Waals surface area contributed by atoms with Crippen LogP contribution in [0.15, 0.2) is 0 Å². The molecule has 0 aliphatic heterocycles. The molecule has 0 aromatic heterocycles. The van der Waals surface area contributed by atoms with E-state index in [1.54, 1.807) is 13.8 Å². The Hall–Kier alpha value is -0.517. The first-order valence-corrected chi connectivity index (χ1v) is 7.08. The molecule has 2 unspecified atom stereocenters. The first-order valence-electron chi connectivity index (χ1n) is 4.11. The minimum absolute atomic E-state index is 0.319. The van der Waals surface area contributed by atoms with Crippen molar-refractivity contribution in [2.75, 3.05) is 0 Å². The summed E-state index contributed by atoms with van der Waals surface area (Å²) in [5, 5.41) is 18.5. The molecule has 0 fully saturated rings. The van der Waals surface area contributed by atoms with Gasteiger partial charge < -0.3 is 0 Å². The van der Waals surface area contributed by atoms with Gasteiger partial charge in [-0.2, -0.15) is 0 Å². The Morgan fingerprint density at radius 3 is 1.62 bits per heavy atom. The predicted octanol–water partition coefficient (Wildman–Crippen LogP) is 0.969. The third-order valence-electron chi connectivity index (χ3n) is 1.74. The maximum atomic E-state index is 10.4. The number of carbonyl (C=O) groups is 2. The van der Waals surface area contributed by atoms with Crippen LogP contribution in [0.25, 0.3) is 0 Å². The fraction of sp³-hybridized carbons (Fsp3) is 0.750. The van der Waals surface area contributed by atoms with Gasteiger partial charge in [-0.25, -0.2) is 0 Å². The number of carboxylic acids is 2. The van der Waals surface area contributed by atoms with Gasteiger partial charge in [-0.05, 0) is 0 Å². The van der Waals surface area contributed by atoms with E-state index in [2.05, 4.69) is 0 Å². The van der Waals surface area contributed by atoms with Crippen molar-refractivity contribution >= 4 is 27.4 Å². The van der Waals surface area contributed by atoms with E-state index in [9.17, 15) is 9.59 Å². The van der Waals surface area contributed by atoms with E-state index in [1.165, 1.54) is 0 Å². The van der Waals surface area contributed by atoms with Crippen molar-refractivity contribution in [3.63, 3.8) is 0 Å². The number of hydrogen-bond donors (Lipinski definition) is 2. The SMILES string of the molecule is CC([CH2][Ge][CH2]C(C)C(=O)O)C(=O)O. The molecule has 13 heavy (non-hydrogen) atoms. The predicted molar refractivity (Wildman–Crippen MR) is 49.0 cm³/mol. The van der Waals surface area contributed by atoms with Crippen LogP contribution in [0.4, 0.5) is 0 Å². The van der Waals surface area contributed by atoms with E-state index in [0.717, 1.165) is 0 Å². The maximum absolute atomic E-state index is 10.4. The molecule has 0 aliphatic rings. The van der Waals surface area contributed by atoms with Gasteiger partial charge in [0.1, 0.15) is 0 Å². The third-order valence-corrected chi connectivity index (χ3v) is 5.53. The molecule has 2 atom stereocenters. The molecule has 0 saturated carbocycles. The van der Waals surface area contributed by atoms with E-state index in [1.807, 2.05) is 0 Å². The van der Waals surface area contributed by atoms with Gasteiger partial charge in [-0.3, -0.25) is 0 Å². The van der Waals surface area contributed by atoms with Crippen LogP contribution in [0.3, 0.4) is 0 Å². The number of hydrogen-bond acceptors (Lipinski definition) is 2. The number of carboxylic acid groups (broad SMARTS) is 2. The van der Waals surface area contributed by atoms with Crippen LogP contribution in [0.1, 0.15) is 13.8 Å². The van der Waals surface area contributed by atoms with Crippen LogP contribution in [0.5, 0.6) is 0 Å². The second-order valence-electron chi connectivity index (χ2n) is 3.14. The summed E-state index contributed by atoms with van der Waals surface area (Å²) in [5.41, 5.74) is 0.